The Morgan fingerprint density at radius 3 is 2.56 bits per heavy atom. The Morgan fingerprint density at radius 2 is 2.00 bits per heavy atom. The number of halogens is 1. The van der Waals surface area contributed by atoms with Gasteiger partial charge in [0.25, 0.3) is 0 Å². The molecule has 0 spiro atoms. The third-order valence-electron chi connectivity index (χ3n) is 2.56. The summed E-state index contributed by atoms with van der Waals surface area (Å²) in [4.78, 5) is 1.04. The zero-order valence-corrected chi connectivity index (χ0v) is 12.8. The summed E-state index contributed by atoms with van der Waals surface area (Å²) in [5.74, 6) is -0.111. The smallest absolute Gasteiger partial charge is 0.129 e. The Labute approximate surface area is 115 Å². The van der Waals surface area contributed by atoms with Gasteiger partial charge in [-0.3, -0.25) is 0 Å². The summed E-state index contributed by atoms with van der Waals surface area (Å²) >= 11 is 1.72. The number of hydrogen-bond donors (Lipinski definition) is 1. The highest BCUT2D eigenvalue weighted by molar-refractivity contribution is 8.00. The van der Waals surface area contributed by atoms with E-state index in [1.165, 1.54) is 0 Å². The van der Waals surface area contributed by atoms with E-state index in [1.807, 2.05) is 13.0 Å². The molecule has 102 valence electrons. The van der Waals surface area contributed by atoms with Crippen molar-refractivity contribution in [3.05, 3.63) is 29.6 Å². The summed E-state index contributed by atoms with van der Waals surface area (Å²) < 4.78 is 14.1. The van der Waals surface area contributed by atoms with Gasteiger partial charge < -0.3 is 5.32 Å². The van der Waals surface area contributed by atoms with E-state index < -0.39 is 0 Å². The zero-order chi connectivity index (χ0) is 13.8. The molecule has 0 fully saturated rings. The Bertz CT molecular complexity index is 385. The van der Waals surface area contributed by atoms with Crippen LogP contribution >= 0.6 is 11.8 Å². The minimum absolute atomic E-state index is 0.0519. The number of hydrogen-bond acceptors (Lipinski definition) is 2. The number of rotatable bonds is 5. The van der Waals surface area contributed by atoms with Gasteiger partial charge in [-0.2, -0.15) is 0 Å². The molecule has 1 aromatic carbocycles. The molecule has 1 atom stereocenters. The molecule has 0 aliphatic carbocycles. The summed E-state index contributed by atoms with van der Waals surface area (Å²) in [6, 6.07) is 5.40. The van der Waals surface area contributed by atoms with Crippen LogP contribution in [0.15, 0.2) is 23.1 Å². The van der Waals surface area contributed by atoms with E-state index >= 15 is 0 Å². The molecule has 1 N–H and O–H groups in total. The van der Waals surface area contributed by atoms with E-state index in [-0.39, 0.29) is 16.6 Å². The molecule has 0 heterocycles. The maximum Gasteiger partial charge on any atom is 0.129 e. The van der Waals surface area contributed by atoms with Crippen LogP contribution in [0, 0.1) is 5.82 Å². The first-order chi connectivity index (χ1) is 8.35. The maximum atomic E-state index is 14.0. The van der Waals surface area contributed by atoms with E-state index in [4.69, 9.17) is 0 Å². The summed E-state index contributed by atoms with van der Waals surface area (Å²) in [6.07, 6.45) is 1.06. The van der Waals surface area contributed by atoms with Crippen molar-refractivity contribution < 1.29 is 4.39 Å². The van der Waals surface area contributed by atoms with Crippen LogP contribution < -0.4 is 5.32 Å². The van der Waals surface area contributed by atoms with Crippen LogP contribution in [0.2, 0.25) is 0 Å². The Balaban J connectivity index is 3.00. The highest BCUT2D eigenvalue weighted by Gasteiger charge is 2.20. The molecule has 0 radical (unpaired) electrons. The quantitative estimate of drug-likeness (QED) is 0.772. The fourth-order valence-electron chi connectivity index (χ4n) is 1.82. The van der Waals surface area contributed by atoms with Crippen molar-refractivity contribution in [3.8, 4) is 0 Å². The van der Waals surface area contributed by atoms with Crippen LogP contribution in [0.25, 0.3) is 0 Å². The Kier molecular flexibility index (Phi) is 5.67. The second-order valence-electron chi connectivity index (χ2n) is 5.54. The first-order valence-corrected chi connectivity index (χ1v) is 7.37. The zero-order valence-electron chi connectivity index (χ0n) is 12.0. The molecule has 1 nitrogen and oxygen atoms in total. The molecule has 1 rings (SSSR count). The van der Waals surface area contributed by atoms with Gasteiger partial charge in [0.1, 0.15) is 5.82 Å². The van der Waals surface area contributed by atoms with E-state index in [0.717, 1.165) is 23.4 Å². The average molecular weight is 269 g/mol. The van der Waals surface area contributed by atoms with Crippen molar-refractivity contribution in [2.45, 2.75) is 56.7 Å². The third-order valence-corrected chi connectivity index (χ3v) is 3.75. The number of nitrogens with one attached hydrogen (secondary N) is 1. The van der Waals surface area contributed by atoms with Gasteiger partial charge in [-0.05, 0) is 32.0 Å². The lowest BCUT2D eigenvalue weighted by molar-refractivity contribution is 0.518. The average Bonchev–Trinajstić information content (AvgIpc) is 2.24. The first-order valence-electron chi connectivity index (χ1n) is 6.56. The molecule has 0 saturated carbocycles. The van der Waals surface area contributed by atoms with Gasteiger partial charge in [0.2, 0.25) is 0 Å². The molecule has 0 aromatic heterocycles. The van der Waals surface area contributed by atoms with Crippen LogP contribution in [-0.2, 0) is 0 Å². The van der Waals surface area contributed by atoms with E-state index in [0.29, 0.717) is 0 Å². The van der Waals surface area contributed by atoms with Gasteiger partial charge in [0, 0.05) is 21.2 Å². The molecular formula is C15H24FNS. The van der Waals surface area contributed by atoms with Crippen molar-refractivity contribution >= 4 is 11.8 Å². The Hall–Kier alpha value is -0.540. The molecule has 0 aliphatic heterocycles. The lowest BCUT2D eigenvalue weighted by Gasteiger charge is -2.23. The highest BCUT2D eigenvalue weighted by atomic mass is 32.2. The van der Waals surface area contributed by atoms with E-state index in [2.05, 4.69) is 33.0 Å². The van der Waals surface area contributed by atoms with Gasteiger partial charge in [-0.1, -0.05) is 33.8 Å². The molecule has 0 amide bonds. The minimum atomic E-state index is -0.111. The van der Waals surface area contributed by atoms with Crippen molar-refractivity contribution in [1.82, 2.24) is 5.32 Å². The molecule has 0 bridgehead atoms. The predicted molar refractivity (Wildman–Crippen MR) is 78.7 cm³/mol. The molecule has 0 aliphatic rings. The molecule has 1 unspecified atom stereocenters. The molecule has 0 saturated heterocycles. The monoisotopic (exact) mass is 269 g/mol. The van der Waals surface area contributed by atoms with Crippen molar-refractivity contribution in [3.63, 3.8) is 0 Å². The second-order valence-corrected chi connectivity index (χ2v) is 7.41. The van der Waals surface area contributed by atoms with Gasteiger partial charge in [0.05, 0.1) is 0 Å². The van der Waals surface area contributed by atoms with Crippen LogP contribution in [0.5, 0.6) is 0 Å². The summed E-state index contributed by atoms with van der Waals surface area (Å²) in [6.45, 7) is 11.5. The van der Waals surface area contributed by atoms with Crippen LogP contribution in [-0.4, -0.2) is 11.3 Å². The van der Waals surface area contributed by atoms with E-state index in [1.54, 1.807) is 23.9 Å². The third kappa shape index (κ3) is 4.62. The van der Waals surface area contributed by atoms with Crippen LogP contribution in [0.1, 0.15) is 52.6 Å². The highest BCUT2D eigenvalue weighted by Crippen LogP contribution is 2.37. The molecule has 18 heavy (non-hydrogen) atoms. The molecule has 3 heteroatoms. The van der Waals surface area contributed by atoms with Crippen LogP contribution in [0.3, 0.4) is 0 Å². The number of benzene rings is 1. The molecule has 1 aromatic rings. The van der Waals surface area contributed by atoms with Crippen molar-refractivity contribution in [1.29, 1.82) is 0 Å². The van der Waals surface area contributed by atoms with Gasteiger partial charge in [-0.15, -0.1) is 11.8 Å². The van der Waals surface area contributed by atoms with Gasteiger partial charge >= 0.3 is 0 Å². The largest absolute Gasteiger partial charge is 0.310 e. The lowest BCUT2D eigenvalue weighted by atomic mass is 10.1. The summed E-state index contributed by atoms with van der Waals surface area (Å²) in [5, 5.41) is 3.36. The summed E-state index contributed by atoms with van der Waals surface area (Å²) in [7, 11) is 0. The lowest BCUT2D eigenvalue weighted by Crippen LogP contribution is -2.21. The van der Waals surface area contributed by atoms with Crippen molar-refractivity contribution in [2.24, 2.45) is 0 Å². The van der Waals surface area contributed by atoms with Gasteiger partial charge in [-0.25, -0.2) is 4.39 Å². The second kappa shape index (κ2) is 6.58. The Morgan fingerprint density at radius 1 is 1.33 bits per heavy atom. The van der Waals surface area contributed by atoms with Crippen molar-refractivity contribution in [2.75, 3.05) is 6.54 Å². The van der Waals surface area contributed by atoms with Crippen LogP contribution in [0.4, 0.5) is 4.39 Å². The first kappa shape index (κ1) is 15.5. The predicted octanol–water partition coefficient (Wildman–Crippen LogP) is 4.78. The minimum Gasteiger partial charge on any atom is -0.310 e. The van der Waals surface area contributed by atoms with E-state index in [9.17, 15) is 4.39 Å². The normalized spacial score (nSPS) is 13.7. The SMILES string of the molecule is CCCNC(C)c1c(F)cccc1SC(C)(C)C. The topological polar surface area (TPSA) is 12.0 Å². The number of thioether (sulfide) groups is 1. The fourth-order valence-corrected chi connectivity index (χ4v) is 3.01. The van der Waals surface area contributed by atoms with Gasteiger partial charge in [0.15, 0.2) is 0 Å². The molecular weight excluding hydrogens is 245 g/mol. The maximum absolute atomic E-state index is 14.0. The standard InChI is InChI=1S/C15H24FNS/c1-6-10-17-11(2)14-12(16)8-7-9-13(14)18-15(3,4)5/h7-9,11,17H,6,10H2,1-5H3. The summed E-state index contributed by atoms with van der Waals surface area (Å²) in [5.41, 5.74) is 0.797. The fraction of sp³-hybridized carbons (Fsp3) is 0.600.